The summed E-state index contributed by atoms with van der Waals surface area (Å²) in [4.78, 5) is 11.8. The van der Waals surface area contributed by atoms with Gasteiger partial charge in [-0.25, -0.2) is 8.42 Å². The Morgan fingerprint density at radius 3 is 2.15 bits per heavy atom. The number of carboxylic acids is 1. The van der Waals surface area contributed by atoms with Crippen LogP contribution in [0.4, 0.5) is 0 Å². The minimum Gasteiger partial charge on any atom is -0.480 e. The van der Waals surface area contributed by atoms with Gasteiger partial charge >= 0.3 is 5.97 Å². The monoisotopic (exact) mass is 375 g/mol. The summed E-state index contributed by atoms with van der Waals surface area (Å²) in [5.41, 5.74) is 2.00. The highest BCUT2D eigenvalue weighted by Crippen LogP contribution is 2.19. The molecule has 0 unspecified atom stereocenters. The van der Waals surface area contributed by atoms with E-state index in [0.717, 1.165) is 29.1 Å². The lowest BCUT2D eigenvalue weighted by Crippen LogP contribution is -2.43. The lowest BCUT2D eigenvalue weighted by atomic mass is 10.0. The van der Waals surface area contributed by atoms with Crippen molar-refractivity contribution in [2.24, 2.45) is 0 Å². The SMILES string of the molecule is CCCCc1ccc(C[C@@H](C(=O)O)N(C)S(=O)(=O)c2ccccc2)cc1. The molecule has 0 aliphatic heterocycles. The van der Waals surface area contributed by atoms with Crippen LogP contribution >= 0.6 is 0 Å². The number of nitrogens with zero attached hydrogens (tertiary/aromatic N) is 1. The van der Waals surface area contributed by atoms with E-state index in [2.05, 4.69) is 6.92 Å². The number of aryl methyl sites for hydroxylation is 1. The summed E-state index contributed by atoms with van der Waals surface area (Å²) < 4.78 is 26.3. The molecule has 5 nitrogen and oxygen atoms in total. The van der Waals surface area contributed by atoms with Gasteiger partial charge in [-0.05, 0) is 42.5 Å². The van der Waals surface area contributed by atoms with Crippen LogP contribution in [0.1, 0.15) is 30.9 Å². The first kappa shape index (κ1) is 20.1. The van der Waals surface area contributed by atoms with Gasteiger partial charge in [-0.15, -0.1) is 0 Å². The zero-order valence-electron chi connectivity index (χ0n) is 15.1. The highest BCUT2D eigenvalue weighted by atomic mass is 32.2. The predicted octanol–water partition coefficient (Wildman–Crippen LogP) is 3.35. The fourth-order valence-electron chi connectivity index (χ4n) is 2.74. The molecule has 0 bridgehead atoms. The Hall–Kier alpha value is -2.18. The normalized spacial score (nSPS) is 12.9. The first-order valence-electron chi connectivity index (χ1n) is 8.70. The summed E-state index contributed by atoms with van der Waals surface area (Å²) in [5, 5.41) is 9.58. The van der Waals surface area contributed by atoms with Gasteiger partial charge in [-0.3, -0.25) is 4.79 Å². The minimum absolute atomic E-state index is 0.0867. The third-order valence-electron chi connectivity index (χ3n) is 4.42. The van der Waals surface area contributed by atoms with E-state index in [1.165, 1.54) is 24.7 Å². The highest BCUT2D eigenvalue weighted by Gasteiger charge is 2.32. The first-order chi connectivity index (χ1) is 12.4. The molecule has 2 aromatic carbocycles. The minimum atomic E-state index is -3.87. The maximum absolute atomic E-state index is 12.7. The number of unbranched alkanes of at least 4 members (excludes halogenated alkanes) is 1. The quantitative estimate of drug-likeness (QED) is 0.729. The fourth-order valence-corrected chi connectivity index (χ4v) is 4.08. The molecule has 0 aromatic heterocycles. The smallest absolute Gasteiger partial charge is 0.322 e. The van der Waals surface area contributed by atoms with Gasteiger partial charge in [0.2, 0.25) is 10.0 Å². The van der Waals surface area contributed by atoms with Crippen molar-refractivity contribution in [3.05, 3.63) is 65.7 Å². The molecule has 1 atom stereocenters. The van der Waals surface area contributed by atoms with Gasteiger partial charge in [0.15, 0.2) is 0 Å². The van der Waals surface area contributed by atoms with Crippen LogP contribution in [0, 0.1) is 0 Å². The zero-order chi connectivity index (χ0) is 19.2. The molecule has 0 aliphatic carbocycles. The topological polar surface area (TPSA) is 74.7 Å². The molecule has 140 valence electrons. The van der Waals surface area contributed by atoms with E-state index in [1.807, 2.05) is 24.3 Å². The van der Waals surface area contributed by atoms with Crippen molar-refractivity contribution in [2.75, 3.05) is 7.05 Å². The summed E-state index contributed by atoms with van der Waals surface area (Å²) in [7, 11) is -2.55. The number of hydrogen-bond acceptors (Lipinski definition) is 3. The van der Waals surface area contributed by atoms with Crippen LogP contribution < -0.4 is 0 Å². The fraction of sp³-hybridized carbons (Fsp3) is 0.350. The lowest BCUT2D eigenvalue weighted by molar-refractivity contribution is -0.141. The molecule has 0 spiro atoms. The Balaban J connectivity index is 2.19. The number of benzene rings is 2. The van der Waals surface area contributed by atoms with Gasteiger partial charge in [0.1, 0.15) is 6.04 Å². The zero-order valence-corrected chi connectivity index (χ0v) is 15.9. The van der Waals surface area contributed by atoms with Gasteiger partial charge in [-0.1, -0.05) is 55.8 Å². The average molecular weight is 375 g/mol. The molecule has 0 aliphatic rings. The summed E-state index contributed by atoms with van der Waals surface area (Å²) in [6, 6.07) is 14.4. The van der Waals surface area contributed by atoms with E-state index in [1.54, 1.807) is 18.2 Å². The van der Waals surface area contributed by atoms with E-state index < -0.39 is 22.0 Å². The molecular weight excluding hydrogens is 350 g/mol. The second-order valence-corrected chi connectivity index (χ2v) is 8.31. The van der Waals surface area contributed by atoms with Crippen LogP contribution in [0.2, 0.25) is 0 Å². The largest absolute Gasteiger partial charge is 0.480 e. The molecular formula is C20H25NO4S. The summed E-state index contributed by atoms with van der Waals surface area (Å²) in [6.45, 7) is 2.13. The van der Waals surface area contributed by atoms with Gasteiger partial charge < -0.3 is 5.11 Å². The number of carboxylic acid groups (broad SMARTS) is 1. The van der Waals surface area contributed by atoms with E-state index in [9.17, 15) is 18.3 Å². The van der Waals surface area contributed by atoms with E-state index in [0.29, 0.717) is 0 Å². The van der Waals surface area contributed by atoms with E-state index in [4.69, 9.17) is 0 Å². The highest BCUT2D eigenvalue weighted by molar-refractivity contribution is 7.89. The number of sulfonamides is 1. The van der Waals surface area contributed by atoms with Gasteiger partial charge in [0, 0.05) is 7.05 Å². The third-order valence-corrected chi connectivity index (χ3v) is 6.30. The standard InChI is InChI=1S/C20H25NO4S/c1-3-4-8-16-11-13-17(14-12-16)15-19(20(22)23)21(2)26(24,25)18-9-6-5-7-10-18/h5-7,9-14,19H,3-4,8,15H2,1-2H3,(H,22,23)/t19-/m0/s1. The molecule has 0 saturated heterocycles. The van der Waals surface area contributed by atoms with Gasteiger partial charge in [0.25, 0.3) is 0 Å². The third kappa shape index (κ3) is 4.93. The molecule has 0 amide bonds. The number of aliphatic carboxylic acids is 1. The average Bonchev–Trinajstić information content (AvgIpc) is 2.65. The van der Waals surface area contributed by atoms with Crippen LogP contribution in [0.5, 0.6) is 0 Å². The molecule has 0 heterocycles. The van der Waals surface area contributed by atoms with Crippen molar-refractivity contribution < 1.29 is 18.3 Å². The first-order valence-corrected chi connectivity index (χ1v) is 10.1. The second kappa shape index (κ2) is 8.96. The van der Waals surface area contributed by atoms with Crippen LogP contribution in [-0.2, 0) is 27.7 Å². The molecule has 0 saturated carbocycles. The van der Waals surface area contributed by atoms with Crippen LogP contribution in [0.25, 0.3) is 0 Å². The Bertz CT molecular complexity index is 817. The second-order valence-electron chi connectivity index (χ2n) is 6.31. The number of hydrogen-bond donors (Lipinski definition) is 1. The van der Waals surface area contributed by atoms with Crippen molar-refractivity contribution >= 4 is 16.0 Å². The van der Waals surface area contributed by atoms with Crippen molar-refractivity contribution in [1.29, 1.82) is 0 Å². The molecule has 0 radical (unpaired) electrons. The summed E-state index contributed by atoms with van der Waals surface area (Å²) in [5.74, 6) is -1.16. The maximum Gasteiger partial charge on any atom is 0.322 e. The van der Waals surface area contributed by atoms with E-state index >= 15 is 0 Å². The van der Waals surface area contributed by atoms with Crippen LogP contribution in [0.3, 0.4) is 0 Å². The molecule has 1 N–H and O–H groups in total. The summed E-state index contributed by atoms with van der Waals surface area (Å²) >= 11 is 0. The van der Waals surface area contributed by atoms with Crippen molar-refractivity contribution in [3.8, 4) is 0 Å². The van der Waals surface area contributed by atoms with Crippen LogP contribution in [-0.4, -0.2) is 36.9 Å². The van der Waals surface area contributed by atoms with Crippen LogP contribution in [0.15, 0.2) is 59.5 Å². The number of carbonyl (C=O) groups is 1. The van der Waals surface area contributed by atoms with E-state index in [-0.39, 0.29) is 11.3 Å². The molecule has 26 heavy (non-hydrogen) atoms. The Kier molecular flexibility index (Phi) is 6.94. The van der Waals surface area contributed by atoms with Crippen molar-refractivity contribution in [1.82, 2.24) is 4.31 Å². The number of rotatable bonds is 9. The van der Waals surface area contributed by atoms with Crippen molar-refractivity contribution in [2.45, 2.75) is 43.5 Å². The van der Waals surface area contributed by atoms with Crippen molar-refractivity contribution in [3.63, 3.8) is 0 Å². The summed E-state index contributed by atoms with van der Waals surface area (Å²) in [6.07, 6.45) is 3.33. The lowest BCUT2D eigenvalue weighted by Gasteiger charge is -2.24. The van der Waals surface area contributed by atoms with Gasteiger partial charge in [0.05, 0.1) is 4.90 Å². The maximum atomic E-state index is 12.7. The Labute approximate surface area is 155 Å². The number of likely N-dealkylation sites (N-methyl/N-ethyl adjacent to an activating group) is 1. The molecule has 0 fully saturated rings. The Morgan fingerprint density at radius 2 is 1.62 bits per heavy atom. The predicted molar refractivity (Wildman–Crippen MR) is 102 cm³/mol. The molecule has 2 rings (SSSR count). The molecule has 2 aromatic rings. The Morgan fingerprint density at radius 1 is 1.04 bits per heavy atom. The van der Waals surface area contributed by atoms with Gasteiger partial charge in [-0.2, -0.15) is 4.31 Å². The molecule has 6 heteroatoms.